The van der Waals surface area contributed by atoms with Crippen molar-refractivity contribution in [2.24, 2.45) is 0 Å². The molecule has 1 aliphatic rings. The maximum Gasteiger partial charge on any atom is 0.234 e. The number of hydrogen-bond donors (Lipinski definition) is 1. The molecule has 1 N–H and O–H groups in total. The summed E-state index contributed by atoms with van der Waals surface area (Å²) in [7, 11) is 4.73. The molecule has 0 bridgehead atoms. The van der Waals surface area contributed by atoms with Crippen molar-refractivity contribution in [3.8, 4) is 17.2 Å². The maximum absolute atomic E-state index is 13.3. The van der Waals surface area contributed by atoms with Gasteiger partial charge in [0.05, 0.1) is 27.9 Å². The number of amides is 1. The number of rotatable bonds is 10. The van der Waals surface area contributed by atoms with Gasteiger partial charge in [-0.3, -0.25) is 9.69 Å². The molecular weight excluding hydrogens is 411 g/mol. The van der Waals surface area contributed by atoms with Crippen molar-refractivity contribution in [3.63, 3.8) is 0 Å². The second-order valence-corrected chi connectivity index (χ2v) is 8.12. The zero-order valence-corrected chi connectivity index (χ0v) is 19.2. The highest BCUT2D eigenvalue weighted by Crippen LogP contribution is 2.34. The van der Waals surface area contributed by atoms with E-state index >= 15 is 0 Å². The van der Waals surface area contributed by atoms with E-state index in [0.717, 1.165) is 24.0 Å². The van der Waals surface area contributed by atoms with Gasteiger partial charge in [0.25, 0.3) is 0 Å². The predicted octanol–water partition coefficient (Wildman–Crippen LogP) is 4.30. The fourth-order valence-corrected chi connectivity index (χ4v) is 4.25. The SMILES string of the molecule is COc1cc(OC)c(OC)cc1CNC(=O)CN(Cc1ccc(F)cc1)C1CCCCC1. The van der Waals surface area contributed by atoms with Gasteiger partial charge in [-0.2, -0.15) is 0 Å². The van der Waals surface area contributed by atoms with Crippen LogP contribution in [0.3, 0.4) is 0 Å². The summed E-state index contributed by atoms with van der Waals surface area (Å²) in [6, 6.07) is 10.4. The quantitative estimate of drug-likeness (QED) is 0.592. The first-order valence-electron chi connectivity index (χ1n) is 11.1. The Morgan fingerprint density at radius 2 is 1.59 bits per heavy atom. The van der Waals surface area contributed by atoms with Crippen LogP contribution in [0.4, 0.5) is 4.39 Å². The molecule has 0 saturated heterocycles. The number of carbonyl (C=O) groups is 1. The first kappa shape index (κ1) is 23.9. The van der Waals surface area contributed by atoms with Gasteiger partial charge in [0.1, 0.15) is 11.6 Å². The molecule has 32 heavy (non-hydrogen) atoms. The lowest BCUT2D eigenvalue weighted by Crippen LogP contribution is -2.43. The molecule has 2 aromatic rings. The Morgan fingerprint density at radius 1 is 0.969 bits per heavy atom. The molecule has 6 nitrogen and oxygen atoms in total. The fourth-order valence-electron chi connectivity index (χ4n) is 4.25. The lowest BCUT2D eigenvalue weighted by molar-refractivity contribution is -0.123. The molecule has 1 aliphatic carbocycles. The molecule has 0 spiro atoms. The second-order valence-electron chi connectivity index (χ2n) is 8.12. The summed E-state index contributed by atoms with van der Waals surface area (Å²) in [5.41, 5.74) is 1.81. The number of nitrogens with one attached hydrogen (secondary N) is 1. The molecule has 1 saturated carbocycles. The summed E-state index contributed by atoms with van der Waals surface area (Å²) in [6.45, 7) is 1.23. The van der Waals surface area contributed by atoms with Crippen molar-refractivity contribution >= 4 is 5.91 Å². The third kappa shape index (κ3) is 6.36. The second kappa shape index (κ2) is 11.7. The molecule has 0 heterocycles. The van der Waals surface area contributed by atoms with E-state index in [4.69, 9.17) is 14.2 Å². The Balaban J connectivity index is 1.67. The van der Waals surface area contributed by atoms with Crippen LogP contribution in [0.15, 0.2) is 36.4 Å². The van der Waals surface area contributed by atoms with E-state index in [0.29, 0.717) is 36.4 Å². The number of benzene rings is 2. The number of methoxy groups -OCH3 is 3. The summed E-state index contributed by atoms with van der Waals surface area (Å²) in [5, 5.41) is 3.01. The number of carbonyl (C=O) groups excluding carboxylic acids is 1. The van der Waals surface area contributed by atoms with Crippen LogP contribution in [0.25, 0.3) is 0 Å². The standard InChI is InChI=1S/C25H33FN2O4/c1-30-22-14-24(32-3)23(31-2)13-19(22)15-27-25(29)17-28(21-7-5-4-6-8-21)16-18-9-11-20(26)12-10-18/h9-14,21H,4-8,15-17H2,1-3H3,(H,27,29). The van der Waals surface area contributed by atoms with Crippen molar-refractivity contribution in [1.82, 2.24) is 10.2 Å². The Bertz CT molecular complexity index is 882. The first-order chi connectivity index (χ1) is 15.5. The minimum absolute atomic E-state index is 0.0606. The largest absolute Gasteiger partial charge is 0.496 e. The van der Waals surface area contributed by atoms with E-state index in [1.165, 1.54) is 31.4 Å². The zero-order valence-electron chi connectivity index (χ0n) is 19.2. The van der Waals surface area contributed by atoms with Gasteiger partial charge in [-0.15, -0.1) is 0 Å². The third-order valence-corrected chi connectivity index (χ3v) is 6.00. The molecule has 0 radical (unpaired) electrons. The number of halogens is 1. The van der Waals surface area contributed by atoms with Crippen LogP contribution in [0.1, 0.15) is 43.2 Å². The van der Waals surface area contributed by atoms with Crippen LogP contribution in [0.5, 0.6) is 17.2 Å². The summed E-state index contributed by atoms with van der Waals surface area (Å²) in [4.78, 5) is 15.1. The Labute approximate surface area is 189 Å². The van der Waals surface area contributed by atoms with Crippen LogP contribution in [-0.4, -0.2) is 44.7 Å². The third-order valence-electron chi connectivity index (χ3n) is 6.00. The van der Waals surface area contributed by atoms with Crippen molar-refractivity contribution in [2.75, 3.05) is 27.9 Å². The summed E-state index contributed by atoms with van der Waals surface area (Å²) >= 11 is 0. The monoisotopic (exact) mass is 444 g/mol. The maximum atomic E-state index is 13.3. The highest BCUT2D eigenvalue weighted by Gasteiger charge is 2.23. The van der Waals surface area contributed by atoms with E-state index in [2.05, 4.69) is 10.2 Å². The van der Waals surface area contributed by atoms with Gasteiger partial charge < -0.3 is 19.5 Å². The molecule has 1 amide bonds. The molecule has 1 fully saturated rings. The fraction of sp³-hybridized carbons (Fsp3) is 0.480. The van der Waals surface area contributed by atoms with Gasteiger partial charge in [0, 0.05) is 30.8 Å². The smallest absolute Gasteiger partial charge is 0.234 e. The van der Waals surface area contributed by atoms with Gasteiger partial charge in [0.15, 0.2) is 11.5 Å². The van der Waals surface area contributed by atoms with E-state index in [1.807, 2.05) is 6.07 Å². The van der Waals surface area contributed by atoms with E-state index in [9.17, 15) is 9.18 Å². The van der Waals surface area contributed by atoms with Crippen molar-refractivity contribution in [3.05, 3.63) is 53.3 Å². The lowest BCUT2D eigenvalue weighted by atomic mass is 9.93. The average Bonchev–Trinajstić information content (AvgIpc) is 2.83. The molecule has 2 aromatic carbocycles. The predicted molar refractivity (Wildman–Crippen MR) is 122 cm³/mol. The van der Waals surface area contributed by atoms with Crippen LogP contribution in [0.2, 0.25) is 0 Å². The molecule has 0 unspecified atom stereocenters. The average molecular weight is 445 g/mol. The summed E-state index contributed by atoms with van der Waals surface area (Å²) in [5.74, 6) is 1.47. The van der Waals surface area contributed by atoms with Crippen LogP contribution < -0.4 is 19.5 Å². The molecule has 174 valence electrons. The molecule has 0 aliphatic heterocycles. The minimum atomic E-state index is -0.250. The Morgan fingerprint density at radius 3 is 2.22 bits per heavy atom. The highest BCUT2D eigenvalue weighted by molar-refractivity contribution is 5.78. The zero-order chi connectivity index (χ0) is 22.9. The van der Waals surface area contributed by atoms with Crippen LogP contribution in [-0.2, 0) is 17.9 Å². The molecule has 0 aromatic heterocycles. The van der Waals surface area contributed by atoms with Crippen LogP contribution in [0, 0.1) is 5.82 Å². The van der Waals surface area contributed by atoms with Crippen molar-refractivity contribution < 1.29 is 23.4 Å². The molecule has 3 rings (SSSR count). The number of hydrogen-bond acceptors (Lipinski definition) is 5. The molecular formula is C25H33FN2O4. The number of nitrogens with zero attached hydrogens (tertiary/aromatic N) is 1. The van der Waals surface area contributed by atoms with Gasteiger partial charge in [-0.05, 0) is 36.6 Å². The highest BCUT2D eigenvalue weighted by atomic mass is 19.1. The van der Waals surface area contributed by atoms with E-state index < -0.39 is 0 Å². The molecule has 0 atom stereocenters. The van der Waals surface area contributed by atoms with Gasteiger partial charge in [0.2, 0.25) is 5.91 Å². The Hall–Kier alpha value is -2.80. The van der Waals surface area contributed by atoms with E-state index in [-0.39, 0.29) is 18.3 Å². The van der Waals surface area contributed by atoms with Crippen molar-refractivity contribution in [2.45, 2.75) is 51.2 Å². The van der Waals surface area contributed by atoms with Gasteiger partial charge in [-0.1, -0.05) is 31.4 Å². The number of ether oxygens (including phenoxy) is 3. The van der Waals surface area contributed by atoms with Crippen LogP contribution >= 0.6 is 0 Å². The summed E-state index contributed by atoms with van der Waals surface area (Å²) < 4.78 is 29.5. The minimum Gasteiger partial charge on any atom is -0.496 e. The van der Waals surface area contributed by atoms with E-state index in [1.54, 1.807) is 39.5 Å². The molecule has 7 heteroatoms. The topological polar surface area (TPSA) is 60.0 Å². The summed E-state index contributed by atoms with van der Waals surface area (Å²) in [6.07, 6.45) is 5.76. The van der Waals surface area contributed by atoms with Crippen molar-refractivity contribution in [1.29, 1.82) is 0 Å². The van der Waals surface area contributed by atoms with Gasteiger partial charge in [-0.25, -0.2) is 4.39 Å². The lowest BCUT2D eigenvalue weighted by Gasteiger charge is -2.34. The normalized spacial score (nSPS) is 14.3. The van der Waals surface area contributed by atoms with Gasteiger partial charge >= 0.3 is 0 Å². The Kier molecular flexibility index (Phi) is 8.73. The first-order valence-corrected chi connectivity index (χ1v) is 11.1.